The molecule has 7 heteroatoms. The van der Waals surface area contributed by atoms with E-state index in [9.17, 15) is 9.59 Å². The number of thioether (sulfide) groups is 1. The number of hydrogen-bond acceptors (Lipinski definition) is 7. The predicted octanol–water partition coefficient (Wildman–Crippen LogP) is 3.76. The quantitative estimate of drug-likeness (QED) is 0.378. The molecular formula is C21H22O6S. The summed E-state index contributed by atoms with van der Waals surface area (Å²) in [7, 11) is 0. The summed E-state index contributed by atoms with van der Waals surface area (Å²) in [5.74, 6) is 1.35. The van der Waals surface area contributed by atoms with Gasteiger partial charge in [-0.1, -0.05) is 0 Å². The van der Waals surface area contributed by atoms with Crippen LogP contribution in [0, 0.1) is 0 Å². The average molecular weight is 402 g/mol. The zero-order valence-electron chi connectivity index (χ0n) is 15.6. The second-order valence-electron chi connectivity index (χ2n) is 5.99. The zero-order valence-corrected chi connectivity index (χ0v) is 16.5. The van der Waals surface area contributed by atoms with E-state index in [2.05, 4.69) is 0 Å². The zero-order chi connectivity index (χ0) is 19.8. The topological polar surface area (TPSA) is 71.1 Å². The lowest BCUT2D eigenvalue weighted by Crippen LogP contribution is -2.15. The van der Waals surface area contributed by atoms with Crippen molar-refractivity contribution in [1.29, 1.82) is 0 Å². The highest BCUT2D eigenvalue weighted by atomic mass is 32.2. The van der Waals surface area contributed by atoms with Crippen LogP contribution in [0.15, 0.2) is 47.4 Å². The van der Waals surface area contributed by atoms with E-state index in [1.165, 1.54) is 11.8 Å². The Balaban J connectivity index is 1.46. The summed E-state index contributed by atoms with van der Waals surface area (Å²) >= 11 is 1.35. The normalized spacial score (nSPS) is 12.8. The number of carbonyl (C=O) groups is 2. The minimum atomic E-state index is -0.443. The summed E-state index contributed by atoms with van der Waals surface area (Å²) in [4.78, 5) is 25.2. The van der Waals surface area contributed by atoms with Crippen LogP contribution in [0.2, 0.25) is 0 Å². The molecule has 0 radical (unpaired) electrons. The van der Waals surface area contributed by atoms with Gasteiger partial charge in [-0.25, -0.2) is 0 Å². The predicted molar refractivity (Wildman–Crippen MR) is 106 cm³/mol. The Morgan fingerprint density at radius 1 is 1.04 bits per heavy atom. The molecule has 6 nitrogen and oxygen atoms in total. The molecule has 2 aromatic rings. The fourth-order valence-electron chi connectivity index (χ4n) is 2.55. The number of benzene rings is 2. The number of ketones is 1. The third-order valence-corrected chi connectivity index (χ3v) is 4.91. The van der Waals surface area contributed by atoms with Crippen molar-refractivity contribution in [2.45, 2.75) is 18.2 Å². The molecule has 0 fully saturated rings. The number of hydrogen-bond donors (Lipinski definition) is 0. The van der Waals surface area contributed by atoms with E-state index in [-0.39, 0.29) is 18.1 Å². The van der Waals surface area contributed by atoms with Crippen LogP contribution in [0.5, 0.6) is 17.2 Å². The van der Waals surface area contributed by atoms with Gasteiger partial charge in [0.05, 0.1) is 25.6 Å². The fraction of sp³-hybridized carbons (Fsp3) is 0.333. The van der Waals surface area contributed by atoms with Crippen LogP contribution in [-0.2, 0) is 9.53 Å². The smallest absolute Gasteiger partial charge is 0.316 e. The largest absolute Gasteiger partial charge is 0.494 e. The number of carbonyl (C=O) groups excluding carboxylic acids is 2. The Morgan fingerprint density at radius 3 is 2.54 bits per heavy atom. The molecule has 0 spiro atoms. The summed E-state index contributed by atoms with van der Waals surface area (Å²) in [6, 6.07) is 12.5. The highest BCUT2D eigenvalue weighted by molar-refractivity contribution is 8.00. The molecule has 0 atom stereocenters. The van der Waals surface area contributed by atoms with Crippen molar-refractivity contribution < 1.29 is 28.5 Å². The van der Waals surface area contributed by atoms with E-state index in [4.69, 9.17) is 18.9 Å². The Bertz CT molecular complexity index is 818. The molecule has 0 saturated carbocycles. The maximum Gasteiger partial charge on any atom is 0.316 e. The molecule has 148 valence electrons. The van der Waals surface area contributed by atoms with Crippen molar-refractivity contribution in [3.05, 3.63) is 48.0 Å². The third kappa shape index (κ3) is 5.66. The first-order valence-electron chi connectivity index (χ1n) is 9.10. The van der Waals surface area contributed by atoms with Gasteiger partial charge in [0.2, 0.25) is 0 Å². The number of rotatable bonds is 8. The van der Waals surface area contributed by atoms with E-state index >= 15 is 0 Å². The van der Waals surface area contributed by atoms with Gasteiger partial charge >= 0.3 is 5.97 Å². The van der Waals surface area contributed by atoms with Crippen LogP contribution in [0.3, 0.4) is 0 Å². The third-order valence-electron chi connectivity index (χ3n) is 3.93. The molecule has 0 amide bonds. The lowest BCUT2D eigenvalue weighted by molar-refractivity contribution is -0.139. The van der Waals surface area contributed by atoms with Gasteiger partial charge in [-0.2, -0.15) is 0 Å². The Hall–Kier alpha value is -2.67. The van der Waals surface area contributed by atoms with Crippen molar-refractivity contribution >= 4 is 23.5 Å². The van der Waals surface area contributed by atoms with E-state index in [1.54, 1.807) is 18.2 Å². The molecule has 2 aromatic carbocycles. The molecule has 0 aliphatic carbocycles. The molecule has 1 aliphatic heterocycles. The second-order valence-corrected chi connectivity index (χ2v) is 7.04. The van der Waals surface area contributed by atoms with Gasteiger partial charge < -0.3 is 18.9 Å². The molecule has 3 rings (SSSR count). The summed E-state index contributed by atoms with van der Waals surface area (Å²) < 4.78 is 21.6. The van der Waals surface area contributed by atoms with Crippen LogP contribution >= 0.6 is 11.8 Å². The summed E-state index contributed by atoms with van der Waals surface area (Å²) in [6.07, 6.45) is 0.793. The Morgan fingerprint density at radius 2 is 1.79 bits per heavy atom. The van der Waals surface area contributed by atoms with Gasteiger partial charge in [0.1, 0.15) is 5.75 Å². The Kier molecular flexibility index (Phi) is 7.19. The van der Waals surface area contributed by atoms with E-state index < -0.39 is 5.97 Å². The average Bonchev–Trinajstić information content (AvgIpc) is 2.96. The molecule has 0 N–H and O–H groups in total. The second kappa shape index (κ2) is 10.0. The van der Waals surface area contributed by atoms with Crippen LogP contribution in [-0.4, -0.2) is 43.9 Å². The molecule has 1 heterocycles. The van der Waals surface area contributed by atoms with Crippen molar-refractivity contribution in [2.24, 2.45) is 0 Å². The molecule has 0 aromatic heterocycles. The van der Waals surface area contributed by atoms with Crippen molar-refractivity contribution in [3.8, 4) is 17.2 Å². The van der Waals surface area contributed by atoms with Crippen molar-refractivity contribution in [1.82, 2.24) is 0 Å². The number of ether oxygens (including phenoxy) is 4. The first kappa shape index (κ1) is 20.1. The highest BCUT2D eigenvalue weighted by Crippen LogP contribution is 2.30. The lowest BCUT2D eigenvalue weighted by atomic mass is 10.1. The maximum atomic E-state index is 12.3. The maximum absolute atomic E-state index is 12.3. The molecule has 1 aliphatic rings. The van der Waals surface area contributed by atoms with Gasteiger partial charge in [0.25, 0.3) is 0 Å². The summed E-state index contributed by atoms with van der Waals surface area (Å²) in [5, 5.41) is 0. The minimum absolute atomic E-state index is 0.127. The van der Waals surface area contributed by atoms with Gasteiger partial charge in [-0.05, 0) is 49.4 Å². The van der Waals surface area contributed by atoms with E-state index in [0.29, 0.717) is 36.9 Å². The van der Waals surface area contributed by atoms with Gasteiger partial charge in [0, 0.05) is 16.9 Å². The lowest BCUT2D eigenvalue weighted by Gasteiger charge is -2.09. The highest BCUT2D eigenvalue weighted by Gasteiger charge is 2.15. The number of esters is 1. The van der Waals surface area contributed by atoms with Gasteiger partial charge in [0.15, 0.2) is 23.9 Å². The Labute approximate surface area is 168 Å². The molecular weight excluding hydrogens is 380 g/mol. The SMILES string of the molecule is CCOc1ccc(SCC(=O)OCC(=O)c2ccc3c(c2)OCCCO3)cc1. The summed E-state index contributed by atoms with van der Waals surface area (Å²) in [5.41, 5.74) is 0.427. The van der Waals surface area contributed by atoms with Crippen LogP contribution < -0.4 is 14.2 Å². The standard InChI is InChI=1S/C21H22O6S/c1-2-24-16-5-7-17(8-6-16)28-14-21(23)27-13-18(22)15-4-9-19-20(12-15)26-11-3-10-25-19/h4-9,12H,2-3,10-11,13-14H2,1H3. The van der Waals surface area contributed by atoms with Crippen LogP contribution in [0.1, 0.15) is 23.7 Å². The van der Waals surface area contributed by atoms with Gasteiger partial charge in [-0.15, -0.1) is 11.8 Å². The van der Waals surface area contributed by atoms with Crippen LogP contribution in [0.4, 0.5) is 0 Å². The number of Topliss-reactive ketones (excluding diaryl/α,β-unsaturated/α-hetero) is 1. The van der Waals surface area contributed by atoms with E-state index in [0.717, 1.165) is 17.1 Å². The number of fused-ring (bicyclic) bond motifs is 1. The summed E-state index contributed by atoms with van der Waals surface area (Å²) in [6.45, 7) is 3.36. The van der Waals surface area contributed by atoms with E-state index in [1.807, 2.05) is 31.2 Å². The van der Waals surface area contributed by atoms with Crippen molar-refractivity contribution in [2.75, 3.05) is 32.2 Å². The molecule has 28 heavy (non-hydrogen) atoms. The first-order valence-corrected chi connectivity index (χ1v) is 10.1. The van der Waals surface area contributed by atoms with Crippen molar-refractivity contribution in [3.63, 3.8) is 0 Å². The first-order chi connectivity index (χ1) is 13.7. The fourth-order valence-corrected chi connectivity index (χ4v) is 3.25. The molecule has 0 bridgehead atoms. The molecule has 0 saturated heterocycles. The molecule has 0 unspecified atom stereocenters. The van der Waals surface area contributed by atoms with Crippen LogP contribution in [0.25, 0.3) is 0 Å². The monoisotopic (exact) mass is 402 g/mol. The minimum Gasteiger partial charge on any atom is -0.494 e. The van der Waals surface area contributed by atoms with Gasteiger partial charge in [-0.3, -0.25) is 9.59 Å².